The summed E-state index contributed by atoms with van der Waals surface area (Å²) in [5.74, 6) is 0.664. The van der Waals surface area contributed by atoms with Crippen molar-refractivity contribution in [3.63, 3.8) is 0 Å². The third-order valence-corrected chi connectivity index (χ3v) is 8.69. The van der Waals surface area contributed by atoms with E-state index in [1.807, 2.05) is 48.5 Å². The standard InChI is InChI=1S/C34H40ClNO4/c1-33(2)17-26-31(28(37)19-33)30(22-11-13-24(14-12-22)40-21-23-9-6-7-10-25(23)35)32-27(36(26)15-8-16-39-5)18-34(3,4)20-29(32)38/h6-7,9-14,30H,8,15-21H2,1-5H3. The number of hydrogen-bond acceptors (Lipinski definition) is 5. The van der Waals surface area contributed by atoms with E-state index in [4.69, 9.17) is 21.1 Å². The predicted octanol–water partition coefficient (Wildman–Crippen LogP) is 7.64. The van der Waals surface area contributed by atoms with Crippen LogP contribution in [0, 0.1) is 10.8 Å². The highest BCUT2D eigenvalue weighted by molar-refractivity contribution is 6.31. The number of ketones is 2. The lowest BCUT2D eigenvalue weighted by atomic mass is 9.63. The molecule has 0 unspecified atom stereocenters. The van der Waals surface area contributed by atoms with E-state index in [0.29, 0.717) is 31.1 Å². The van der Waals surface area contributed by atoms with Crippen LogP contribution in [0.2, 0.25) is 5.02 Å². The van der Waals surface area contributed by atoms with Gasteiger partial charge in [-0.2, -0.15) is 0 Å². The first-order valence-electron chi connectivity index (χ1n) is 14.2. The Morgan fingerprint density at radius 1 is 0.850 bits per heavy atom. The van der Waals surface area contributed by atoms with Gasteiger partial charge in [-0.15, -0.1) is 0 Å². The lowest BCUT2D eigenvalue weighted by Crippen LogP contribution is -2.44. The van der Waals surface area contributed by atoms with E-state index in [9.17, 15) is 9.59 Å². The van der Waals surface area contributed by atoms with Crippen molar-refractivity contribution in [2.24, 2.45) is 10.8 Å². The van der Waals surface area contributed by atoms with Crippen molar-refractivity contribution >= 4 is 23.2 Å². The number of carbonyl (C=O) groups is 2. The molecule has 40 heavy (non-hydrogen) atoms. The molecule has 0 atom stereocenters. The Labute approximate surface area is 243 Å². The molecular weight excluding hydrogens is 522 g/mol. The molecule has 5 nitrogen and oxygen atoms in total. The molecule has 3 aliphatic rings. The number of hydrogen-bond donors (Lipinski definition) is 0. The summed E-state index contributed by atoms with van der Waals surface area (Å²) in [6, 6.07) is 15.6. The largest absolute Gasteiger partial charge is 0.489 e. The van der Waals surface area contributed by atoms with Crippen molar-refractivity contribution in [3.8, 4) is 5.75 Å². The minimum absolute atomic E-state index is 0.136. The van der Waals surface area contributed by atoms with E-state index in [1.165, 1.54) is 0 Å². The molecular formula is C34H40ClNO4. The van der Waals surface area contributed by atoms with Gasteiger partial charge in [0.15, 0.2) is 11.6 Å². The Bertz CT molecular complexity index is 1310. The molecule has 5 rings (SSSR count). The molecule has 2 aliphatic carbocycles. The molecule has 0 saturated carbocycles. The van der Waals surface area contributed by atoms with Gasteiger partial charge in [-0.05, 0) is 53.9 Å². The molecule has 2 aromatic carbocycles. The molecule has 6 heteroatoms. The predicted molar refractivity (Wildman–Crippen MR) is 158 cm³/mol. The van der Waals surface area contributed by atoms with Gasteiger partial charge >= 0.3 is 0 Å². The number of rotatable bonds is 8. The lowest BCUT2D eigenvalue weighted by molar-refractivity contribution is -0.119. The Morgan fingerprint density at radius 2 is 1.43 bits per heavy atom. The summed E-state index contributed by atoms with van der Waals surface area (Å²) in [4.78, 5) is 30.1. The van der Waals surface area contributed by atoms with Crippen LogP contribution in [0.3, 0.4) is 0 Å². The highest BCUT2D eigenvalue weighted by Crippen LogP contribution is 2.54. The van der Waals surface area contributed by atoms with Gasteiger partial charge in [0.1, 0.15) is 12.4 Å². The van der Waals surface area contributed by atoms with Crippen LogP contribution in [-0.2, 0) is 20.9 Å². The molecule has 0 saturated heterocycles. The fraction of sp³-hybridized carbons (Fsp3) is 0.471. The zero-order valence-corrected chi connectivity index (χ0v) is 25.1. The summed E-state index contributed by atoms with van der Waals surface area (Å²) < 4.78 is 11.4. The van der Waals surface area contributed by atoms with Gasteiger partial charge in [0.2, 0.25) is 0 Å². The van der Waals surface area contributed by atoms with Crippen molar-refractivity contribution in [1.82, 2.24) is 4.90 Å². The van der Waals surface area contributed by atoms with Crippen LogP contribution in [0.4, 0.5) is 0 Å². The summed E-state index contributed by atoms with van der Waals surface area (Å²) in [6.45, 7) is 10.4. The van der Waals surface area contributed by atoms with Crippen molar-refractivity contribution < 1.29 is 19.1 Å². The molecule has 0 N–H and O–H groups in total. The average molecular weight is 562 g/mol. The second-order valence-corrected chi connectivity index (χ2v) is 13.4. The minimum Gasteiger partial charge on any atom is -0.489 e. The van der Waals surface area contributed by atoms with E-state index in [0.717, 1.165) is 65.2 Å². The van der Waals surface area contributed by atoms with E-state index >= 15 is 0 Å². The fourth-order valence-corrected chi connectivity index (χ4v) is 6.74. The van der Waals surface area contributed by atoms with Crippen molar-refractivity contribution in [3.05, 3.63) is 87.2 Å². The number of halogens is 1. The lowest BCUT2D eigenvalue weighted by Gasteiger charge is -2.49. The number of nitrogens with zero attached hydrogens (tertiary/aromatic N) is 1. The third-order valence-electron chi connectivity index (χ3n) is 8.32. The van der Waals surface area contributed by atoms with E-state index in [1.54, 1.807) is 7.11 Å². The highest BCUT2D eigenvalue weighted by atomic mass is 35.5. The van der Waals surface area contributed by atoms with Crippen LogP contribution in [-0.4, -0.2) is 36.7 Å². The highest BCUT2D eigenvalue weighted by Gasteiger charge is 2.48. The quantitative estimate of drug-likeness (QED) is 0.310. The number of allylic oxidation sites excluding steroid dienone is 4. The van der Waals surface area contributed by atoms with Crippen LogP contribution in [0.25, 0.3) is 0 Å². The number of Topliss-reactive ketones (excluding diaryl/α,β-unsaturated/α-hetero) is 2. The smallest absolute Gasteiger partial charge is 0.162 e. The van der Waals surface area contributed by atoms with Crippen LogP contribution in [0.1, 0.15) is 76.8 Å². The number of methoxy groups -OCH3 is 1. The van der Waals surface area contributed by atoms with Crippen molar-refractivity contribution in [1.29, 1.82) is 0 Å². The Morgan fingerprint density at radius 3 is 1.98 bits per heavy atom. The molecule has 0 spiro atoms. The molecule has 0 radical (unpaired) electrons. The Balaban J connectivity index is 1.55. The van der Waals surface area contributed by atoms with E-state index in [2.05, 4.69) is 32.6 Å². The number of benzene rings is 2. The maximum atomic E-state index is 13.9. The number of ether oxygens (including phenoxy) is 2. The Hall–Kier alpha value is -2.89. The average Bonchev–Trinajstić information content (AvgIpc) is 2.87. The van der Waals surface area contributed by atoms with Gasteiger partial charge in [0.05, 0.1) is 0 Å². The van der Waals surface area contributed by atoms with Crippen LogP contribution < -0.4 is 4.74 Å². The maximum Gasteiger partial charge on any atom is 0.162 e. The van der Waals surface area contributed by atoms with E-state index in [-0.39, 0.29) is 28.3 Å². The summed E-state index contributed by atoms with van der Waals surface area (Å²) in [5.41, 5.74) is 5.38. The van der Waals surface area contributed by atoms with Crippen LogP contribution >= 0.6 is 11.6 Å². The molecule has 1 aliphatic heterocycles. The summed E-state index contributed by atoms with van der Waals surface area (Å²) in [5, 5.41) is 0.674. The van der Waals surface area contributed by atoms with Crippen molar-refractivity contribution in [2.75, 3.05) is 20.3 Å². The zero-order chi connectivity index (χ0) is 28.7. The monoisotopic (exact) mass is 561 g/mol. The van der Waals surface area contributed by atoms with Crippen LogP contribution in [0.15, 0.2) is 71.1 Å². The first-order valence-corrected chi connectivity index (χ1v) is 14.6. The van der Waals surface area contributed by atoms with Gasteiger partial charge in [-0.1, -0.05) is 69.6 Å². The normalized spacial score (nSPS) is 20.5. The molecule has 0 bridgehead atoms. The second-order valence-electron chi connectivity index (χ2n) is 13.0. The second kappa shape index (κ2) is 11.2. The van der Waals surface area contributed by atoms with Gasteiger partial charge in [0, 0.05) is 72.1 Å². The molecule has 212 valence electrons. The van der Waals surface area contributed by atoms with Gasteiger partial charge in [-0.3, -0.25) is 9.59 Å². The third kappa shape index (κ3) is 5.77. The summed E-state index contributed by atoms with van der Waals surface area (Å²) in [6.07, 6.45) is 3.41. The fourth-order valence-electron chi connectivity index (χ4n) is 6.55. The van der Waals surface area contributed by atoms with Gasteiger partial charge in [-0.25, -0.2) is 0 Å². The molecule has 0 aromatic heterocycles. The first-order chi connectivity index (χ1) is 19.0. The summed E-state index contributed by atoms with van der Waals surface area (Å²) >= 11 is 6.30. The SMILES string of the molecule is COCCCN1C2=C(C(=O)CC(C)(C)C2)C(c2ccc(OCc3ccccc3Cl)cc2)C2=C1CC(C)(C)CC2=O. The van der Waals surface area contributed by atoms with Gasteiger partial charge in [0.25, 0.3) is 0 Å². The number of carbonyl (C=O) groups excluding carboxylic acids is 2. The molecule has 0 fully saturated rings. The van der Waals surface area contributed by atoms with Crippen molar-refractivity contribution in [2.45, 2.75) is 72.3 Å². The van der Waals surface area contributed by atoms with Gasteiger partial charge < -0.3 is 14.4 Å². The van der Waals surface area contributed by atoms with E-state index < -0.39 is 0 Å². The molecule has 0 amide bonds. The Kier molecular flexibility index (Phi) is 8.00. The molecule has 2 aromatic rings. The molecule has 1 heterocycles. The maximum absolute atomic E-state index is 13.9. The first kappa shape index (κ1) is 28.6. The minimum atomic E-state index is -0.353. The van der Waals surface area contributed by atoms with Crippen LogP contribution in [0.5, 0.6) is 5.75 Å². The zero-order valence-electron chi connectivity index (χ0n) is 24.3. The summed E-state index contributed by atoms with van der Waals surface area (Å²) in [7, 11) is 1.71. The topological polar surface area (TPSA) is 55.8 Å².